The molecule has 1 N–H and O–H groups in total. The summed E-state index contributed by atoms with van der Waals surface area (Å²) in [5, 5.41) is 2.79. The van der Waals surface area contributed by atoms with E-state index < -0.39 is 0 Å². The van der Waals surface area contributed by atoms with E-state index in [4.69, 9.17) is 4.74 Å². The van der Waals surface area contributed by atoms with Crippen molar-refractivity contribution in [2.45, 2.75) is 19.8 Å². The molecule has 0 aliphatic carbocycles. The molecular formula is C18H19N3O3. The number of amides is 2. The largest absolute Gasteiger partial charge is 0.493 e. The molecule has 1 aliphatic rings. The molecule has 0 atom stereocenters. The van der Waals surface area contributed by atoms with Gasteiger partial charge in [-0.2, -0.15) is 0 Å². The van der Waals surface area contributed by atoms with E-state index in [9.17, 15) is 9.59 Å². The molecule has 6 nitrogen and oxygen atoms in total. The minimum Gasteiger partial charge on any atom is -0.493 e. The standard InChI is InChI=1S/C18H19N3O3/c1-11-4-8-15(24-3)17(19-11)20-18(23)13-5-7-14-12(10-13)6-9-16(22)21(14)2/h4-5,7-8,10H,6,9H2,1-3H3,(H,19,20,23). The summed E-state index contributed by atoms with van der Waals surface area (Å²) in [4.78, 5) is 30.2. The third-order valence-electron chi connectivity index (χ3n) is 4.13. The molecule has 3 rings (SSSR count). The first-order valence-corrected chi connectivity index (χ1v) is 7.72. The van der Waals surface area contributed by atoms with Crippen LogP contribution in [0.2, 0.25) is 0 Å². The number of hydrogen-bond acceptors (Lipinski definition) is 4. The number of carbonyl (C=O) groups excluding carboxylic acids is 2. The Morgan fingerprint density at radius 3 is 2.79 bits per heavy atom. The second-order valence-electron chi connectivity index (χ2n) is 5.75. The Labute approximate surface area is 140 Å². The van der Waals surface area contributed by atoms with Gasteiger partial charge in [-0.15, -0.1) is 0 Å². The molecule has 0 bridgehead atoms. The van der Waals surface area contributed by atoms with E-state index in [0.717, 1.165) is 16.9 Å². The van der Waals surface area contributed by atoms with Crippen LogP contribution in [0.4, 0.5) is 11.5 Å². The summed E-state index contributed by atoms with van der Waals surface area (Å²) < 4.78 is 5.23. The van der Waals surface area contributed by atoms with Gasteiger partial charge in [-0.1, -0.05) is 0 Å². The van der Waals surface area contributed by atoms with Crippen LogP contribution in [0.3, 0.4) is 0 Å². The van der Waals surface area contributed by atoms with E-state index in [-0.39, 0.29) is 11.8 Å². The second-order valence-corrected chi connectivity index (χ2v) is 5.75. The number of hydrogen-bond donors (Lipinski definition) is 1. The summed E-state index contributed by atoms with van der Waals surface area (Å²) in [7, 11) is 3.29. The summed E-state index contributed by atoms with van der Waals surface area (Å²) in [6.45, 7) is 1.85. The molecule has 0 saturated carbocycles. The van der Waals surface area contributed by atoms with Gasteiger partial charge in [0.2, 0.25) is 5.91 Å². The van der Waals surface area contributed by atoms with Gasteiger partial charge < -0.3 is 15.0 Å². The number of aromatic nitrogens is 1. The van der Waals surface area contributed by atoms with Crippen LogP contribution in [0.5, 0.6) is 5.75 Å². The molecule has 1 aliphatic heterocycles. The number of benzene rings is 1. The predicted octanol–water partition coefficient (Wildman–Crippen LogP) is 2.56. The Balaban J connectivity index is 1.86. The van der Waals surface area contributed by atoms with Gasteiger partial charge in [-0.05, 0) is 49.2 Å². The monoisotopic (exact) mass is 325 g/mol. The summed E-state index contributed by atoms with van der Waals surface area (Å²) >= 11 is 0. The first-order chi connectivity index (χ1) is 11.5. The average molecular weight is 325 g/mol. The summed E-state index contributed by atoms with van der Waals surface area (Å²) in [6, 6.07) is 8.94. The van der Waals surface area contributed by atoms with Crippen molar-refractivity contribution in [2.24, 2.45) is 0 Å². The van der Waals surface area contributed by atoms with Crippen molar-refractivity contribution in [3.05, 3.63) is 47.2 Å². The van der Waals surface area contributed by atoms with Gasteiger partial charge in [-0.25, -0.2) is 4.98 Å². The van der Waals surface area contributed by atoms with Crippen molar-refractivity contribution in [2.75, 3.05) is 24.4 Å². The van der Waals surface area contributed by atoms with Gasteiger partial charge in [0.1, 0.15) is 0 Å². The first-order valence-electron chi connectivity index (χ1n) is 7.72. The maximum absolute atomic E-state index is 12.5. The second kappa shape index (κ2) is 6.31. The zero-order valence-electron chi connectivity index (χ0n) is 13.9. The number of nitrogens with zero attached hydrogens (tertiary/aromatic N) is 2. The smallest absolute Gasteiger partial charge is 0.256 e. The van der Waals surface area contributed by atoms with Crippen LogP contribution in [0, 0.1) is 6.92 Å². The lowest BCUT2D eigenvalue weighted by Gasteiger charge is -2.26. The number of anilines is 2. The fourth-order valence-electron chi connectivity index (χ4n) is 2.78. The number of methoxy groups -OCH3 is 1. The molecule has 2 amide bonds. The number of rotatable bonds is 3. The number of fused-ring (bicyclic) bond motifs is 1. The molecule has 24 heavy (non-hydrogen) atoms. The van der Waals surface area contributed by atoms with Gasteiger partial charge in [0.15, 0.2) is 11.6 Å². The molecule has 1 aromatic carbocycles. The van der Waals surface area contributed by atoms with E-state index >= 15 is 0 Å². The third-order valence-corrected chi connectivity index (χ3v) is 4.13. The van der Waals surface area contributed by atoms with Gasteiger partial charge >= 0.3 is 0 Å². The molecule has 0 radical (unpaired) electrons. The van der Waals surface area contributed by atoms with Gasteiger partial charge in [0, 0.05) is 30.4 Å². The number of pyridine rings is 1. The van der Waals surface area contributed by atoms with Crippen LogP contribution in [0.1, 0.15) is 28.0 Å². The summed E-state index contributed by atoms with van der Waals surface area (Å²) in [5.74, 6) is 0.743. The van der Waals surface area contributed by atoms with Crippen LogP contribution in [0.25, 0.3) is 0 Å². The summed E-state index contributed by atoms with van der Waals surface area (Å²) in [6.07, 6.45) is 1.10. The van der Waals surface area contributed by atoms with Crippen molar-refractivity contribution in [1.29, 1.82) is 0 Å². The molecule has 0 spiro atoms. The van der Waals surface area contributed by atoms with Crippen LogP contribution < -0.4 is 15.0 Å². The topological polar surface area (TPSA) is 71.5 Å². The van der Waals surface area contributed by atoms with Crippen molar-refractivity contribution in [1.82, 2.24) is 4.98 Å². The Bertz CT molecular complexity index is 817. The zero-order valence-corrected chi connectivity index (χ0v) is 13.9. The van der Waals surface area contributed by atoms with Crippen LogP contribution >= 0.6 is 0 Å². The van der Waals surface area contributed by atoms with E-state index in [2.05, 4.69) is 10.3 Å². The molecule has 1 aromatic heterocycles. The normalized spacial score (nSPS) is 13.5. The maximum Gasteiger partial charge on any atom is 0.256 e. The summed E-state index contributed by atoms with van der Waals surface area (Å²) in [5.41, 5.74) is 3.17. The molecular weight excluding hydrogens is 306 g/mol. The minimum atomic E-state index is -0.256. The highest BCUT2D eigenvalue weighted by Gasteiger charge is 2.22. The Hall–Kier alpha value is -2.89. The number of aryl methyl sites for hydroxylation is 2. The van der Waals surface area contributed by atoms with E-state index in [1.807, 2.05) is 25.1 Å². The Kier molecular flexibility index (Phi) is 4.20. The quantitative estimate of drug-likeness (QED) is 0.941. The number of carbonyl (C=O) groups is 2. The fourth-order valence-corrected chi connectivity index (χ4v) is 2.78. The van der Waals surface area contributed by atoms with Crippen molar-refractivity contribution < 1.29 is 14.3 Å². The van der Waals surface area contributed by atoms with E-state index in [1.165, 1.54) is 7.11 Å². The van der Waals surface area contributed by atoms with Crippen molar-refractivity contribution in [3.8, 4) is 5.75 Å². The molecule has 2 heterocycles. The van der Waals surface area contributed by atoms with Gasteiger partial charge in [0.25, 0.3) is 5.91 Å². The number of ether oxygens (including phenoxy) is 1. The van der Waals surface area contributed by atoms with Crippen molar-refractivity contribution >= 4 is 23.3 Å². The molecule has 124 valence electrons. The third kappa shape index (κ3) is 2.95. The Morgan fingerprint density at radius 1 is 1.25 bits per heavy atom. The van der Waals surface area contributed by atoms with Crippen molar-refractivity contribution in [3.63, 3.8) is 0 Å². The maximum atomic E-state index is 12.5. The lowest BCUT2D eigenvalue weighted by atomic mass is 9.99. The highest BCUT2D eigenvalue weighted by molar-refractivity contribution is 6.05. The lowest BCUT2D eigenvalue weighted by molar-refractivity contribution is -0.118. The minimum absolute atomic E-state index is 0.0911. The SMILES string of the molecule is COc1ccc(C)nc1NC(=O)c1ccc2c(c1)CCC(=O)N2C. The van der Waals surface area contributed by atoms with Gasteiger partial charge in [-0.3, -0.25) is 9.59 Å². The molecule has 2 aromatic rings. The molecule has 0 saturated heterocycles. The number of nitrogens with one attached hydrogen (secondary N) is 1. The van der Waals surface area contributed by atoms with Crippen LogP contribution in [-0.4, -0.2) is 31.0 Å². The highest BCUT2D eigenvalue weighted by atomic mass is 16.5. The average Bonchev–Trinajstić information content (AvgIpc) is 2.58. The van der Waals surface area contributed by atoms with Crippen LogP contribution in [-0.2, 0) is 11.2 Å². The molecule has 0 fully saturated rings. The fraction of sp³-hybridized carbons (Fsp3) is 0.278. The predicted molar refractivity (Wildman–Crippen MR) is 91.7 cm³/mol. The van der Waals surface area contributed by atoms with Crippen LogP contribution in [0.15, 0.2) is 30.3 Å². The molecule has 6 heteroatoms. The molecule has 0 unspecified atom stereocenters. The van der Waals surface area contributed by atoms with E-state index in [1.54, 1.807) is 24.1 Å². The van der Waals surface area contributed by atoms with E-state index in [0.29, 0.717) is 30.0 Å². The van der Waals surface area contributed by atoms with Gasteiger partial charge in [0.05, 0.1) is 7.11 Å². The highest BCUT2D eigenvalue weighted by Crippen LogP contribution is 2.28. The lowest BCUT2D eigenvalue weighted by Crippen LogP contribution is -2.31. The Morgan fingerprint density at radius 2 is 2.04 bits per heavy atom. The first kappa shape index (κ1) is 16.0. The zero-order chi connectivity index (χ0) is 17.3.